The average Bonchev–Trinajstić information content (AvgIpc) is 2.63. The summed E-state index contributed by atoms with van der Waals surface area (Å²) in [6.07, 6.45) is 1.73. The Morgan fingerprint density at radius 1 is 1.35 bits per heavy atom. The lowest BCUT2D eigenvalue weighted by atomic mass is 10.4. The van der Waals surface area contributed by atoms with E-state index in [2.05, 4.69) is 4.74 Å². The molecule has 96 valence electrons. The van der Waals surface area contributed by atoms with E-state index in [1.165, 1.54) is 7.11 Å². The smallest absolute Gasteiger partial charge is 0.331 e. The van der Waals surface area contributed by atoms with E-state index in [1.807, 2.05) is 0 Å². The molecule has 17 heavy (non-hydrogen) atoms. The second kappa shape index (κ2) is 5.79. The molecule has 0 saturated carbocycles. The molecule has 1 aliphatic rings. The zero-order valence-electron chi connectivity index (χ0n) is 10.1. The van der Waals surface area contributed by atoms with Crippen molar-refractivity contribution in [1.82, 2.24) is 0 Å². The number of esters is 2. The summed E-state index contributed by atoms with van der Waals surface area (Å²) >= 11 is 0. The Morgan fingerprint density at radius 2 is 2.00 bits per heavy atom. The van der Waals surface area contributed by atoms with E-state index in [0.29, 0.717) is 6.61 Å². The Labute approximate surface area is 99.5 Å². The van der Waals surface area contributed by atoms with Crippen LogP contribution in [0.1, 0.15) is 13.8 Å². The van der Waals surface area contributed by atoms with Gasteiger partial charge in [0.25, 0.3) is 0 Å². The number of ether oxygens (including phenoxy) is 4. The van der Waals surface area contributed by atoms with Crippen LogP contribution in [0.4, 0.5) is 0 Å². The van der Waals surface area contributed by atoms with Gasteiger partial charge in [0, 0.05) is 12.2 Å². The topological polar surface area (TPSA) is 71.1 Å². The van der Waals surface area contributed by atoms with E-state index in [-0.39, 0.29) is 12.7 Å². The van der Waals surface area contributed by atoms with Crippen LogP contribution in [0.25, 0.3) is 0 Å². The molecule has 6 heteroatoms. The first kappa shape index (κ1) is 13.7. The molecule has 0 bridgehead atoms. The molecule has 1 aliphatic heterocycles. The number of methoxy groups -OCH3 is 1. The fraction of sp³-hybridized carbons (Fsp3) is 0.636. The lowest BCUT2D eigenvalue weighted by molar-refractivity contribution is -0.155. The predicted octanol–water partition coefficient (Wildman–Crippen LogP) is 0.410. The van der Waals surface area contributed by atoms with Crippen molar-refractivity contribution in [3.63, 3.8) is 0 Å². The molecule has 0 radical (unpaired) electrons. The quantitative estimate of drug-likeness (QED) is 0.527. The standard InChI is InChI=1S/C11H16O6/c1-11(2)16-7-8(17-11)6-15-10(13)5-4-9(12)14-3/h4-5,8H,6-7H2,1-3H3/b5-4-. The zero-order valence-corrected chi connectivity index (χ0v) is 10.1. The maximum atomic E-state index is 11.2. The summed E-state index contributed by atoms with van der Waals surface area (Å²) in [6, 6.07) is 0. The van der Waals surface area contributed by atoms with Crippen LogP contribution in [0.2, 0.25) is 0 Å². The maximum absolute atomic E-state index is 11.2. The Balaban J connectivity index is 2.25. The van der Waals surface area contributed by atoms with Gasteiger partial charge in [-0.15, -0.1) is 0 Å². The summed E-state index contributed by atoms with van der Waals surface area (Å²) in [4.78, 5) is 21.9. The van der Waals surface area contributed by atoms with Crippen molar-refractivity contribution in [3.8, 4) is 0 Å². The summed E-state index contributed by atoms with van der Waals surface area (Å²) in [6.45, 7) is 4.03. The lowest BCUT2D eigenvalue weighted by Crippen LogP contribution is -2.24. The van der Waals surface area contributed by atoms with Crippen LogP contribution in [0.5, 0.6) is 0 Å². The van der Waals surface area contributed by atoms with E-state index in [1.54, 1.807) is 13.8 Å². The largest absolute Gasteiger partial charge is 0.466 e. The highest BCUT2D eigenvalue weighted by atomic mass is 16.7. The molecule has 1 rings (SSSR count). The molecule has 1 unspecified atom stereocenters. The minimum Gasteiger partial charge on any atom is -0.466 e. The average molecular weight is 244 g/mol. The first-order valence-corrected chi connectivity index (χ1v) is 5.17. The van der Waals surface area contributed by atoms with E-state index in [0.717, 1.165) is 12.2 Å². The van der Waals surface area contributed by atoms with Crippen LogP contribution in [0, 0.1) is 0 Å². The summed E-state index contributed by atoms with van der Waals surface area (Å²) < 4.78 is 19.9. The van der Waals surface area contributed by atoms with Crippen LogP contribution in [0.15, 0.2) is 12.2 Å². The molecule has 0 N–H and O–H groups in total. The van der Waals surface area contributed by atoms with Gasteiger partial charge in [-0.3, -0.25) is 0 Å². The molecule has 0 amide bonds. The Hall–Kier alpha value is -1.40. The molecule has 1 heterocycles. The normalized spacial score (nSPS) is 22.6. The third-order valence-electron chi connectivity index (χ3n) is 2.04. The van der Waals surface area contributed by atoms with Crippen molar-refractivity contribution >= 4 is 11.9 Å². The van der Waals surface area contributed by atoms with Crippen LogP contribution < -0.4 is 0 Å². The second-order valence-corrected chi connectivity index (χ2v) is 3.94. The third-order valence-corrected chi connectivity index (χ3v) is 2.04. The van der Waals surface area contributed by atoms with Gasteiger partial charge in [0.1, 0.15) is 12.7 Å². The van der Waals surface area contributed by atoms with Crippen molar-refractivity contribution in [2.45, 2.75) is 25.7 Å². The zero-order chi connectivity index (χ0) is 12.9. The minimum atomic E-state index is -0.640. The van der Waals surface area contributed by atoms with Crippen molar-refractivity contribution in [1.29, 1.82) is 0 Å². The van der Waals surface area contributed by atoms with Gasteiger partial charge in [-0.1, -0.05) is 0 Å². The number of hydrogen-bond acceptors (Lipinski definition) is 6. The van der Waals surface area contributed by atoms with Crippen molar-refractivity contribution in [3.05, 3.63) is 12.2 Å². The number of carbonyl (C=O) groups is 2. The summed E-state index contributed by atoms with van der Waals surface area (Å²) in [5, 5.41) is 0. The first-order chi connectivity index (χ1) is 7.93. The third kappa shape index (κ3) is 4.97. The maximum Gasteiger partial charge on any atom is 0.331 e. The van der Waals surface area contributed by atoms with Crippen LogP contribution in [0.3, 0.4) is 0 Å². The van der Waals surface area contributed by atoms with Gasteiger partial charge < -0.3 is 18.9 Å². The molecule has 0 spiro atoms. The highest BCUT2D eigenvalue weighted by molar-refractivity contribution is 5.91. The van der Waals surface area contributed by atoms with Gasteiger partial charge in [0.2, 0.25) is 0 Å². The van der Waals surface area contributed by atoms with Gasteiger partial charge in [-0.25, -0.2) is 9.59 Å². The highest BCUT2D eigenvalue weighted by Gasteiger charge is 2.33. The minimum absolute atomic E-state index is 0.0910. The molecule has 0 aromatic heterocycles. The van der Waals surface area contributed by atoms with Crippen LogP contribution in [-0.4, -0.2) is 44.2 Å². The Morgan fingerprint density at radius 3 is 2.53 bits per heavy atom. The van der Waals surface area contributed by atoms with E-state index < -0.39 is 17.7 Å². The van der Waals surface area contributed by atoms with Gasteiger partial charge in [-0.05, 0) is 13.8 Å². The Bertz CT molecular complexity index is 320. The second-order valence-electron chi connectivity index (χ2n) is 3.94. The van der Waals surface area contributed by atoms with Gasteiger partial charge in [-0.2, -0.15) is 0 Å². The lowest BCUT2D eigenvalue weighted by Gasteiger charge is -2.16. The molecule has 1 fully saturated rings. The van der Waals surface area contributed by atoms with Crippen LogP contribution in [-0.2, 0) is 28.5 Å². The molecule has 0 aromatic carbocycles. The fourth-order valence-electron chi connectivity index (χ4n) is 1.27. The first-order valence-electron chi connectivity index (χ1n) is 5.17. The summed E-state index contributed by atoms with van der Waals surface area (Å²) in [5.74, 6) is -1.87. The number of carbonyl (C=O) groups excluding carboxylic acids is 2. The van der Waals surface area contributed by atoms with Crippen molar-refractivity contribution < 1.29 is 28.5 Å². The fourth-order valence-corrected chi connectivity index (χ4v) is 1.27. The summed E-state index contributed by atoms with van der Waals surface area (Å²) in [7, 11) is 1.23. The van der Waals surface area contributed by atoms with Gasteiger partial charge in [0.05, 0.1) is 13.7 Å². The number of hydrogen-bond donors (Lipinski definition) is 0. The SMILES string of the molecule is COC(=O)/C=C\C(=O)OCC1COC(C)(C)O1. The molecular weight excluding hydrogens is 228 g/mol. The van der Waals surface area contributed by atoms with Crippen LogP contribution >= 0.6 is 0 Å². The van der Waals surface area contributed by atoms with Gasteiger partial charge >= 0.3 is 11.9 Å². The van der Waals surface area contributed by atoms with E-state index in [4.69, 9.17) is 14.2 Å². The molecule has 1 saturated heterocycles. The molecule has 6 nitrogen and oxygen atoms in total. The summed E-state index contributed by atoms with van der Waals surface area (Å²) in [5.41, 5.74) is 0. The van der Waals surface area contributed by atoms with E-state index in [9.17, 15) is 9.59 Å². The molecule has 0 aromatic rings. The van der Waals surface area contributed by atoms with Crippen molar-refractivity contribution in [2.75, 3.05) is 20.3 Å². The molecule has 1 atom stereocenters. The molecular formula is C11H16O6. The van der Waals surface area contributed by atoms with Crippen molar-refractivity contribution in [2.24, 2.45) is 0 Å². The van der Waals surface area contributed by atoms with Gasteiger partial charge in [0.15, 0.2) is 5.79 Å². The molecule has 0 aliphatic carbocycles. The number of rotatable bonds is 4. The Kier molecular flexibility index (Phi) is 4.65. The van der Waals surface area contributed by atoms with E-state index >= 15 is 0 Å². The highest BCUT2D eigenvalue weighted by Crippen LogP contribution is 2.22. The predicted molar refractivity (Wildman–Crippen MR) is 57.0 cm³/mol. The monoisotopic (exact) mass is 244 g/mol.